The Morgan fingerprint density at radius 2 is 2.05 bits per heavy atom. The van der Waals surface area contributed by atoms with Gasteiger partial charge >= 0.3 is 5.97 Å². The molecule has 0 radical (unpaired) electrons. The Morgan fingerprint density at radius 3 is 2.68 bits per heavy atom. The maximum atomic E-state index is 11.8. The summed E-state index contributed by atoms with van der Waals surface area (Å²) in [6, 6.07) is 11.3. The van der Waals surface area contributed by atoms with Crippen molar-refractivity contribution in [1.29, 1.82) is 0 Å². The minimum atomic E-state index is -1.06. The summed E-state index contributed by atoms with van der Waals surface area (Å²) in [6.45, 7) is 1.96. The third kappa shape index (κ3) is 5.02. The number of thiophene rings is 1. The van der Waals surface area contributed by atoms with Gasteiger partial charge in [-0.3, -0.25) is 4.79 Å². The first-order valence-electron chi connectivity index (χ1n) is 7.08. The molecule has 0 saturated carbocycles. The van der Waals surface area contributed by atoms with Gasteiger partial charge in [0.25, 0.3) is 0 Å². The minimum absolute atomic E-state index is 0.0926. The van der Waals surface area contributed by atoms with E-state index in [1.807, 2.05) is 36.6 Å². The summed E-state index contributed by atoms with van der Waals surface area (Å²) in [4.78, 5) is 13.0. The second-order valence-electron chi connectivity index (χ2n) is 5.04. The number of thiocarbonyl (C=S) groups is 1. The molecule has 0 bridgehead atoms. The molecule has 3 nitrogen and oxygen atoms in total. The largest absolute Gasteiger partial charge is 0.416 e. The fourth-order valence-electron chi connectivity index (χ4n) is 1.97. The van der Waals surface area contributed by atoms with Crippen LogP contribution in [0.5, 0.6) is 0 Å². The van der Waals surface area contributed by atoms with Crippen LogP contribution in [0.15, 0.2) is 41.8 Å². The molecule has 1 aromatic heterocycles. The zero-order valence-electron chi connectivity index (χ0n) is 12.3. The highest BCUT2D eigenvalue weighted by molar-refractivity contribution is 7.80. The number of rotatable bonds is 6. The second-order valence-corrected chi connectivity index (χ2v) is 6.47. The van der Waals surface area contributed by atoms with Gasteiger partial charge in [-0.15, -0.1) is 11.3 Å². The van der Waals surface area contributed by atoms with Crippen LogP contribution in [-0.2, 0) is 16.0 Å². The highest BCUT2D eigenvalue weighted by Crippen LogP contribution is 2.17. The number of aryl methyl sites for hydroxylation is 2. The van der Waals surface area contributed by atoms with Crippen molar-refractivity contribution in [2.75, 3.05) is 0 Å². The molecule has 0 fully saturated rings. The maximum Gasteiger partial charge on any atom is 0.311 e. The Morgan fingerprint density at radius 1 is 1.32 bits per heavy atom. The highest BCUT2D eigenvalue weighted by Gasteiger charge is 2.17. The molecule has 5 heteroatoms. The van der Waals surface area contributed by atoms with Crippen molar-refractivity contribution in [1.82, 2.24) is 0 Å². The van der Waals surface area contributed by atoms with Crippen molar-refractivity contribution in [2.24, 2.45) is 0 Å². The van der Waals surface area contributed by atoms with Crippen molar-refractivity contribution >= 4 is 34.6 Å². The number of esters is 1. The molecule has 1 aromatic carbocycles. The van der Waals surface area contributed by atoms with E-state index in [4.69, 9.17) is 17.0 Å². The number of hydrogen-bond acceptors (Lipinski definition) is 5. The van der Waals surface area contributed by atoms with Gasteiger partial charge in [-0.1, -0.05) is 35.9 Å². The second kappa shape index (κ2) is 8.17. The van der Waals surface area contributed by atoms with Gasteiger partial charge in [0.2, 0.25) is 5.05 Å². The van der Waals surface area contributed by atoms with Gasteiger partial charge in [0.15, 0.2) is 0 Å². The standard InChI is InChI=1S/C17H18O3S2/c1-12-7-9-13(10-8-12)16(19)17(21)20-15(18)6-2-4-14-5-3-11-22-14/h3,5,7-11,16,19H,2,4,6H2,1H3. The Bertz CT molecular complexity index is 618. The molecule has 0 amide bonds. The van der Waals surface area contributed by atoms with Crippen molar-refractivity contribution in [2.45, 2.75) is 32.3 Å². The molecule has 2 rings (SSSR count). The molecule has 116 valence electrons. The molecule has 1 N–H and O–H groups in total. The fraction of sp³-hybridized carbons (Fsp3) is 0.294. The van der Waals surface area contributed by atoms with Gasteiger partial charge in [0.05, 0.1) is 0 Å². The van der Waals surface area contributed by atoms with E-state index in [9.17, 15) is 9.90 Å². The zero-order valence-corrected chi connectivity index (χ0v) is 14.0. The van der Waals surface area contributed by atoms with Gasteiger partial charge in [-0.25, -0.2) is 0 Å². The van der Waals surface area contributed by atoms with Crippen LogP contribution in [-0.4, -0.2) is 16.1 Å². The Hall–Kier alpha value is -1.56. The minimum Gasteiger partial charge on any atom is -0.416 e. The average Bonchev–Trinajstić information content (AvgIpc) is 3.00. The smallest absolute Gasteiger partial charge is 0.311 e. The lowest BCUT2D eigenvalue weighted by Gasteiger charge is -2.12. The zero-order chi connectivity index (χ0) is 15.9. The number of ether oxygens (including phenoxy) is 1. The number of hydrogen-bond donors (Lipinski definition) is 1. The summed E-state index contributed by atoms with van der Waals surface area (Å²) in [7, 11) is 0. The van der Waals surface area contributed by atoms with E-state index in [0.717, 1.165) is 12.0 Å². The van der Waals surface area contributed by atoms with Crippen LogP contribution in [0, 0.1) is 6.92 Å². The quantitative estimate of drug-likeness (QED) is 0.641. The molecular weight excluding hydrogens is 316 g/mol. The third-order valence-corrected chi connectivity index (χ3v) is 4.46. The summed E-state index contributed by atoms with van der Waals surface area (Å²) in [6.07, 6.45) is 0.790. The molecule has 1 unspecified atom stereocenters. The Balaban J connectivity index is 1.77. The molecular formula is C17H18O3S2. The normalized spacial score (nSPS) is 11.9. The van der Waals surface area contributed by atoms with Crippen LogP contribution < -0.4 is 0 Å². The summed E-state index contributed by atoms with van der Waals surface area (Å²) < 4.78 is 5.06. The number of aliphatic hydroxyl groups excluding tert-OH is 1. The third-order valence-electron chi connectivity index (χ3n) is 3.21. The van der Waals surface area contributed by atoms with Gasteiger partial charge in [-0.05, 0) is 49.0 Å². The number of carbonyl (C=O) groups excluding carboxylic acids is 1. The molecule has 0 spiro atoms. The van der Waals surface area contributed by atoms with Gasteiger partial charge < -0.3 is 9.84 Å². The van der Waals surface area contributed by atoms with Gasteiger partial charge in [0.1, 0.15) is 6.10 Å². The average molecular weight is 334 g/mol. The summed E-state index contributed by atoms with van der Waals surface area (Å²) in [5.74, 6) is -0.396. The first-order valence-corrected chi connectivity index (χ1v) is 8.36. The summed E-state index contributed by atoms with van der Waals surface area (Å²) in [5.41, 5.74) is 1.72. The molecule has 1 atom stereocenters. The number of benzene rings is 1. The first-order chi connectivity index (χ1) is 10.6. The van der Waals surface area contributed by atoms with E-state index in [0.29, 0.717) is 18.4 Å². The van der Waals surface area contributed by atoms with Gasteiger partial charge in [0, 0.05) is 11.3 Å². The lowest BCUT2D eigenvalue weighted by atomic mass is 10.1. The fourth-order valence-corrected chi connectivity index (χ4v) is 2.95. The predicted molar refractivity (Wildman–Crippen MR) is 92.1 cm³/mol. The van der Waals surface area contributed by atoms with Gasteiger partial charge in [-0.2, -0.15) is 0 Å². The molecule has 0 aliphatic heterocycles. The molecule has 22 heavy (non-hydrogen) atoms. The molecule has 0 aliphatic rings. The predicted octanol–water partition coefficient (Wildman–Crippen LogP) is 3.98. The summed E-state index contributed by atoms with van der Waals surface area (Å²) >= 11 is 6.68. The van der Waals surface area contributed by atoms with Crippen molar-refractivity contribution in [3.05, 3.63) is 57.8 Å². The monoisotopic (exact) mass is 334 g/mol. The lowest BCUT2D eigenvalue weighted by Crippen LogP contribution is -2.18. The van der Waals surface area contributed by atoms with Crippen molar-refractivity contribution in [3.8, 4) is 0 Å². The van der Waals surface area contributed by atoms with Crippen molar-refractivity contribution in [3.63, 3.8) is 0 Å². The van der Waals surface area contributed by atoms with E-state index < -0.39 is 12.1 Å². The van der Waals surface area contributed by atoms with Crippen LogP contribution >= 0.6 is 23.6 Å². The van der Waals surface area contributed by atoms with Crippen molar-refractivity contribution < 1.29 is 14.6 Å². The molecule has 0 aliphatic carbocycles. The van der Waals surface area contributed by atoms with Crippen LogP contribution in [0.25, 0.3) is 0 Å². The first kappa shape index (κ1) is 16.8. The van der Waals surface area contributed by atoms with E-state index in [1.54, 1.807) is 23.5 Å². The van der Waals surface area contributed by atoms with Crippen LogP contribution in [0.1, 0.15) is 34.9 Å². The lowest BCUT2D eigenvalue weighted by molar-refractivity contribution is -0.136. The maximum absolute atomic E-state index is 11.8. The Labute approximate surface area is 139 Å². The van der Waals surface area contributed by atoms with E-state index in [-0.39, 0.29) is 5.05 Å². The van der Waals surface area contributed by atoms with E-state index in [2.05, 4.69) is 0 Å². The SMILES string of the molecule is Cc1ccc(C(O)C(=S)OC(=O)CCCc2cccs2)cc1. The molecule has 1 heterocycles. The molecule has 2 aromatic rings. The van der Waals surface area contributed by atoms with E-state index in [1.165, 1.54) is 4.88 Å². The molecule has 0 saturated heterocycles. The van der Waals surface area contributed by atoms with Crippen LogP contribution in [0.2, 0.25) is 0 Å². The Kier molecular flexibility index (Phi) is 6.24. The number of carbonyl (C=O) groups is 1. The van der Waals surface area contributed by atoms with Crippen LogP contribution in [0.3, 0.4) is 0 Å². The highest BCUT2D eigenvalue weighted by atomic mass is 32.1. The summed E-state index contributed by atoms with van der Waals surface area (Å²) in [5, 5.41) is 12.0. The van der Waals surface area contributed by atoms with E-state index >= 15 is 0 Å². The number of aliphatic hydroxyl groups is 1. The van der Waals surface area contributed by atoms with Crippen LogP contribution in [0.4, 0.5) is 0 Å². The topological polar surface area (TPSA) is 46.5 Å².